The van der Waals surface area contributed by atoms with Gasteiger partial charge in [0.2, 0.25) is 5.91 Å². The van der Waals surface area contributed by atoms with Crippen LogP contribution in [0.5, 0.6) is 0 Å². The lowest BCUT2D eigenvalue weighted by Crippen LogP contribution is -2.30. The third kappa shape index (κ3) is 8.49. The first-order chi connectivity index (χ1) is 23.1. The number of rotatable bonds is 10. The second-order valence-corrected chi connectivity index (χ2v) is 11.8. The van der Waals surface area contributed by atoms with Crippen molar-refractivity contribution >= 4 is 58.5 Å². The molecule has 0 bridgehead atoms. The van der Waals surface area contributed by atoms with E-state index in [9.17, 15) is 31.9 Å². The van der Waals surface area contributed by atoms with Crippen molar-refractivity contribution in [1.29, 1.82) is 0 Å². The Morgan fingerprint density at radius 2 is 1.33 bits per heavy atom. The molecule has 242 valence electrons. The summed E-state index contributed by atoms with van der Waals surface area (Å²) in [7, 11) is 0. The molecule has 3 amide bonds. The van der Waals surface area contributed by atoms with E-state index < -0.39 is 51.9 Å². The number of halogens is 5. The van der Waals surface area contributed by atoms with Gasteiger partial charge in [0.05, 0.1) is 0 Å². The van der Waals surface area contributed by atoms with Gasteiger partial charge in [-0.15, -0.1) is 11.8 Å². The van der Waals surface area contributed by atoms with Gasteiger partial charge in [-0.1, -0.05) is 78.3 Å². The predicted molar refractivity (Wildman–Crippen MR) is 178 cm³/mol. The number of hydrogen-bond acceptors (Lipinski definition) is 4. The van der Waals surface area contributed by atoms with E-state index in [4.69, 9.17) is 11.6 Å². The molecule has 0 aliphatic rings. The van der Waals surface area contributed by atoms with E-state index in [1.807, 2.05) is 5.32 Å². The smallest absolute Gasteiger partial charge is 0.272 e. The summed E-state index contributed by atoms with van der Waals surface area (Å²) >= 11 is 6.96. The summed E-state index contributed by atoms with van der Waals surface area (Å²) in [5, 5.41) is 6.71. The molecule has 0 spiro atoms. The van der Waals surface area contributed by atoms with Gasteiger partial charge >= 0.3 is 0 Å². The van der Waals surface area contributed by atoms with Crippen molar-refractivity contribution < 1.29 is 31.9 Å². The molecule has 0 heterocycles. The van der Waals surface area contributed by atoms with Crippen LogP contribution in [0, 0.1) is 23.3 Å². The van der Waals surface area contributed by atoms with Crippen LogP contribution in [0.2, 0.25) is 5.02 Å². The minimum Gasteiger partial charge on any atom is -0.321 e. The lowest BCUT2D eigenvalue weighted by molar-refractivity contribution is -0.116. The third-order valence-corrected chi connectivity index (χ3v) is 8.26. The maximum atomic E-state index is 14.4. The Kier molecular flexibility index (Phi) is 10.9. The molecule has 0 aliphatic heterocycles. The molecule has 5 aromatic rings. The molecule has 3 N–H and O–H groups in total. The highest BCUT2D eigenvalue weighted by Gasteiger charge is 2.27. The lowest BCUT2D eigenvalue weighted by atomic mass is 10.1. The number of hydrogen-bond donors (Lipinski definition) is 3. The van der Waals surface area contributed by atoms with Crippen molar-refractivity contribution in [2.24, 2.45) is 0 Å². The predicted octanol–water partition coefficient (Wildman–Crippen LogP) is 8.78. The zero-order valence-electron chi connectivity index (χ0n) is 24.6. The number of thioether (sulfide) groups is 1. The van der Waals surface area contributed by atoms with Gasteiger partial charge in [-0.2, -0.15) is 0 Å². The highest BCUT2D eigenvalue weighted by Crippen LogP contribution is 2.38. The average Bonchev–Trinajstić information content (AvgIpc) is 3.09. The summed E-state index contributed by atoms with van der Waals surface area (Å²) in [6.07, 6.45) is 1.48. The molecule has 1 atom stereocenters. The van der Waals surface area contributed by atoms with E-state index >= 15 is 0 Å². The summed E-state index contributed by atoms with van der Waals surface area (Å²) in [4.78, 5) is 40.3. The fraction of sp³-hybridized carbons (Fsp3) is 0.0278. The molecule has 0 saturated carbocycles. The van der Waals surface area contributed by atoms with Gasteiger partial charge in [0.1, 0.15) is 16.6 Å². The first-order valence-electron chi connectivity index (χ1n) is 14.2. The molecule has 0 aromatic heterocycles. The fourth-order valence-corrected chi connectivity index (χ4v) is 5.63. The number of anilines is 2. The van der Waals surface area contributed by atoms with E-state index in [1.165, 1.54) is 6.08 Å². The monoisotopic (exact) mass is 689 g/mol. The van der Waals surface area contributed by atoms with Crippen molar-refractivity contribution in [3.05, 3.63) is 166 Å². The van der Waals surface area contributed by atoms with E-state index in [-0.39, 0.29) is 17.5 Å². The maximum absolute atomic E-state index is 14.4. The molecule has 12 heteroatoms. The molecule has 0 saturated heterocycles. The van der Waals surface area contributed by atoms with Crippen LogP contribution in [0.4, 0.5) is 28.9 Å². The van der Waals surface area contributed by atoms with Crippen molar-refractivity contribution in [2.75, 3.05) is 10.6 Å². The van der Waals surface area contributed by atoms with E-state index in [0.29, 0.717) is 26.6 Å². The van der Waals surface area contributed by atoms with Gasteiger partial charge in [-0.05, 0) is 59.7 Å². The molecule has 0 aliphatic carbocycles. The Morgan fingerprint density at radius 3 is 1.98 bits per heavy atom. The van der Waals surface area contributed by atoms with Crippen molar-refractivity contribution in [2.45, 2.75) is 10.1 Å². The Bertz CT molecular complexity index is 1970. The number of carbonyl (C=O) groups is 3. The second kappa shape index (κ2) is 15.5. The summed E-state index contributed by atoms with van der Waals surface area (Å²) in [5.41, 5.74) is 0.304. The van der Waals surface area contributed by atoms with Gasteiger partial charge in [-0.3, -0.25) is 14.4 Å². The molecule has 6 nitrogen and oxygen atoms in total. The minimum atomic E-state index is -1.74. The van der Waals surface area contributed by atoms with Gasteiger partial charge in [0, 0.05) is 27.2 Å². The van der Waals surface area contributed by atoms with E-state index in [2.05, 4.69) is 10.6 Å². The topological polar surface area (TPSA) is 87.3 Å². The standard InChI is InChI=1S/C36H24ClF4N3O3S/c37-24-16-14-21(15-17-24)18-29(43-34(45)23-10-5-2-6-11-23)35(46)42-25-12-7-13-26(19-25)48-33(22-8-3-1-4-9-22)36(47)44-32-30(40)27(38)20-28(39)31(32)41/h1-20,33H,(H,42,46)(H,43,45)(H,44,47)/b29-18+. The van der Waals surface area contributed by atoms with Crippen molar-refractivity contribution in [3.63, 3.8) is 0 Å². The molecular formula is C36H24ClF4N3O3S. The Balaban J connectivity index is 1.40. The van der Waals surface area contributed by atoms with Crippen LogP contribution in [0.25, 0.3) is 6.08 Å². The Labute approximate surface area is 281 Å². The van der Waals surface area contributed by atoms with E-state index in [0.717, 1.165) is 11.8 Å². The number of benzene rings is 5. The second-order valence-electron chi connectivity index (χ2n) is 10.2. The minimum absolute atomic E-state index is 0.0483. The zero-order chi connectivity index (χ0) is 34.2. The molecule has 0 radical (unpaired) electrons. The molecule has 5 rings (SSSR count). The zero-order valence-corrected chi connectivity index (χ0v) is 26.2. The van der Waals surface area contributed by atoms with Crippen LogP contribution < -0.4 is 16.0 Å². The van der Waals surface area contributed by atoms with Crippen LogP contribution in [0.15, 0.2) is 126 Å². The Hall–Kier alpha value is -5.39. The van der Waals surface area contributed by atoms with Crippen LogP contribution in [-0.2, 0) is 9.59 Å². The molecule has 5 aromatic carbocycles. The van der Waals surface area contributed by atoms with Gasteiger partial charge in [-0.25, -0.2) is 17.6 Å². The molecule has 1 unspecified atom stereocenters. The average molecular weight is 690 g/mol. The van der Waals surface area contributed by atoms with E-state index in [1.54, 1.807) is 109 Å². The summed E-state index contributed by atoms with van der Waals surface area (Å²) in [5.74, 6) is -8.95. The van der Waals surface area contributed by atoms with Crippen LogP contribution in [0.3, 0.4) is 0 Å². The third-order valence-electron chi connectivity index (χ3n) is 6.76. The largest absolute Gasteiger partial charge is 0.321 e. The first kappa shape index (κ1) is 34.0. The highest BCUT2D eigenvalue weighted by atomic mass is 35.5. The Morgan fingerprint density at radius 1 is 0.708 bits per heavy atom. The number of nitrogens with one attached hydrogen (secondary N) is 3. The first-order valence-corrected chi connectivity index (χ1v) is 15.5. The maximum Gasteiger partial charge on any atom is 0.272 e. The summed E-state index contributed by atoms with van der Waals surface area (Å²) in [6.45, 7) is 0. The highest BCUT2D eigenvalue weighted by molar-refractivity contribution is 8.00. The lowest BCUT2D eigenvalue weighted by Gasteiger charge is -2.18. The summed E-state index contributed by atoms with van der Waals surface area (Å²) < 4.78 is 56.4. The van der Waals surface area contributed by atoms with Crippen LogP contribution in [-0.4, -0.2) is 17.7 Å². The molecular weight excluding hydrogens is 666 g/mol. The SMILES string of the molecule is O=C(Nc1cccc(SC(C(=O)Nc2c(F)c(F)cc(F)c2F)c2ccccc2)c1)/C(=C\c1ccc(Cl)cc1)NC(=O)c1ccccc1. The van der Waals surface area contributed by atoms with Crippen molar-refractivity contribution in [1.82, 2.24) is 5.32 Å². The van der Waals surface area contributed by atoms with Gasteiger partial charge < -0.3 is 16.0 Å². The van der Waals surface area contributed by atoms with Crippen LogP contribution in [0.1, 0.15) is 26.7 Å². The van der Waals surface area contributed by atoms with Gasteiger partial charge in [0.25, 0.3) is 11.8 Å². The quantitative estimate of drug-likeness (QED) is 0.0592. The molecule has 0 fully saturated rings. The molecule has 48 heavy (non-hydrogen) atoms. The van der Waals surface area contributed by atoms with Crippen molar-refractivity contribution in [3.8, 4) is 0 Å². The van der Waals surface area contributed by atoms with Gasteiger partial charge in [0.15, 0.2) is 23.3 Å². The number of carbonyl (C=O) groups excluding carboxylic acids is 3. The normalized spacial score (nSPS) is 11.8. The van der Waals surface area contributed by atoms with Crippen LogP contribution >= 0.6 is 23.4 Å². The number of amides is 3. The summed E-state index contributed by atoms with van der Waals surface area (Å²) in [6, 6.07) is 29.6. The fourth-order valence-electron chi connectivity index (χ4n) is 4.42.